The average Bonchev–Trinajstić information content (AvgIpc) is 2.12. The van der Waals surface area contributed by atoms with Crippen LogP contribution in [0.5, 0.6) is 0 Å². The highest BCUT2D eigenvalue weighted by Crippen LogP contribution is 2.30. The number of hydrogen-bond donors (Lipinski definition) is 1. The predicted octanol–water partition coefficient (Wildman–Crippen LogP) is 2.31. The summed E-state index contributed by atoms with van der Waals surface area (Å²) in [4.78, 5) is 0. The van der Waals surface area contributed by atoms with Crippen molar-refractivity contribution in [3.8, 4) is 11.5 Å². The summed E-state index contributed by atoms with van der Waals surface area (Å²) >= 11 is 0. The second-order valence-corrected chi connectivity index (χ2v) is 9.78. The first-order valence-electron chi connectivity index (χ1n) is 5.30. The Morgan fingerprint density at radius 3 is 2.17 bits per heavy atom. The van der Waals surface area contributed by atoms with Gasteiger partial charge < -0.3 is 5.73 Å². The van der Waals surface area contributed by atoms with Gasteiger partial charge in [0.2, 0.25) is 0 Å². The number of alkyl halides is 3. The Morgan fingerprint density at radius 2 is 1.78 bits per heavy atom. The van der Waals surface area contributed by atoms with Crippen molar-refractivity contribution < 1.29 is 13.2 Å². The molecule has 1 aromatic rings. The molecule has 1 nitrogen and oxygen atoms in total. The van der Waals surface area contributed by atoms with Crippen molar-refractivity contribution in [1.29, 1.82) is 0 Å². The zero-order valence-electron chi connectivity index (χ0n) is 10.4. The van der Waals surface area contributed by atoms with Crippen LogP contribution < -0.4 is 11.2 Å². The van der Waals surface area contributed by atoms with E-state index in [1.165, 1.54) is 0 Å². The molecule has 1 aromatic carbocycles. The predicted molar refractivity (Wildman–Crippen MR) is 71.5 cm³/mol. The molecular formula is C12H13BF3NSi. The Kier molecular flexibility index (Phi) is 3.87. The first-order valence-corrected chi connectivity index (χ1v) is 8.80. The highest BCUT2D eigenvalue weighted by Gasteiger charge is 2.31. The summed E-state index contributed by atoms with van der Waals surface area (Å²) in [6.07, 6.45) is -4.45. The van der Waals surface area contributed by atoms with E-state index in [4.69, 9.17) is 13.6 Å². The third kappa shape index (κ3) is 3.84. The summed E-state index contributed by atoms with van der Waals surface area (Å²) in [7, 11) is 3.95. The van der Waals surface area contributed by atoms with Crippen LogP contribution in [0.25, 0.3) is 0 Å². The maximum atomic E-state index is 12.5. The van der Waals surface area contributed by atoms with Crippen LogP contribution in [-0.2, 0) is 6.18 Å². The minimum absolute atomic E-state index is 0.0342. The van der Waals surface area contributed by atoms with Gasteiger partial charge in [0.1, 0.15) is 15.9 Å². The van der Waals surface area contributed by atoms with Crippen molar-refractivity contribution >= 4 is 27.1 Å². The van der Waals surface area contributed by atoms with E-state index in [1.807, 2.05) is 19.6 Å². The largest absolute Gasteiger partial charge is 0.416 e. The molecule has 0 aromatic heterocycles. The maximum absolute atomic E-state index is 12.5. The minimum Gasteiger partial charge on any atom is -0.398 e. The Labute approximate surface area is 107 Å². The SMILES string of the molecule is [B]c1cc(C(F)(F)F)cc(N)c1C#C[Si](C)(C)C. The quantitative estimate of drug-likeness (QED) is 0.435. The van der Waals surface area contributed by atoms with Gasteiger partial charge >= 0.3 is 6.18 Å². The van der Waals surface area contributed by atoms with E-state index in [9.17, 15) is 13.2 Å². The Bertz CT molecular complexity index is 498. The van der Waals surface area contributed by atoms with Crippen LogP contribution in [0.1, 0.15) is 11.1 Å². The lowest BCUT2D eigenvalue weighted by atomic mass is 9.88. The molecule has 0 spiro atoms. The van der Waals surface area contributed by atoms with Crippen molar-refractivity contribution in [2.75, 3.05) is 5.73 Å². The van der Waals surface area contributed by atoms with Crippen LogP contribution in [0.2, 0.25) is 19.6 Å². The highest BCUT2D eigenvalue weighted by molar-refractivity contribution is 6.83. The van der Waals surface area contributed by atoms with Crippen LogP contribution >= 0.6 is 0 Å². The maximum Gasteiger partial charge on any atom is 0.416 e. The van der Waals surface area contributed by atoms with Crippen LogP contribution in [0.4, 0.5) is 18.9 Å². The lowest BCUT2D eigenvalue weighted by Gasteiger charge is -2.12. The van der Waals surface area contributed by atoms with Gasteiger partial charge in [0, 0.05) is 11.3 Å². The lowest BCUT2D eigenvalue weighted by molar-refractivity contribution is -0.137. The van der Waals surface area contributed by atoms with Gasteiger partial charge in [-0.25, -0.2) is 0 Å². The van der Waals surface area contributed by atoms with E-state index in [2.05, 4.69) is 11.5 Å². The van der Waals surface area contributed by atoms with Crippen LogP contribution in [0, 0.1) is 11.5 Å². The van der Waals surface area contributed by atoms with Gasteiger partial charge in [-0.05, 0) is 6.07 Å². The van der Waals surface area contributed by atoms with Gasteiger partial charge in [-0.2, -0.15) is 13.2 Å². The van der Waals surface area contributed by atoms with E-state index in [1.54, 1.807) is 0 Å². The van der Waals surface area contributed by atoms with Gasteiger partial charge in [0.05, 0.1) is 5.56 Å². The smallest absolute Gasteiger partial charge is 0.398 e. The zero-order valence-corrected chi connectivity index (χ0v) is 11.4. The van der Waals surface area contributed by atoms with Crippen LogP contribution in [0.3, 0.4) is 0 Å². The molecule has 0 saturated carbocycles. The first kappa shape index (κ1) is 14.7. The van der Waals surface area contributed by atoms with E-state index in [0.29, 0.717) is 0 Å². The molecule has 0 aliphatic carbocycles. The molecule has 0 atom stereocenters. The van der Waals surface area contributed by atoms with Gasteiger partial charge in [-0.15, -0.1) is 5.54 Å². The molecule has 2 N–H and O–H groups in total. The number of benzene rings is 1. The minimum atomic E-state index is -4.45. The molecule has 94 valence electrons. The summed E-state index contributed by atoms with van der Waals surface area (Å²) in [5.74, 6) is 2.79. The van der Waals surface area contributed by atoms with Crippen LogP contribution in [0.15, 0.2) is 12.1 Å². The van der Waals surface area contributed by atoms with E-state index >= 15 is 0 Å². The number of nitrogen functional groups attached to an aromatic ring is 1. The van der Waals surface area contributed by atoms with Crippen molar-refractivity contribution in [2.24, 2.45) is 0 Å². The second-order valence-electron chi connectivity index (χ2n) is 5.03. The molecule has 0 unspecified atom stereocenters. The third-order valence-corrected chi connectivity index (χ3v) is 2.96. The molecule has 0 saturated heterocycles. The average molecular weight is 267 g/mol. The fourth-order valence-corrected chi connectivity index (χ4v) is 1.75. The van der Waals surface area contributed by atoms with Gasteiger partial charge in [-0.3, -0.25) is 0 Å². The lowest BCUT2D eigenvalue weighted by Crippen LogP contribution is -2.19. The summed E-state index contributed by atoms with van der Waals surface area (Å²) in [6.45, 7) is 6.07. The molecule has 1 rings (SSSR count). The monoisotopic (exact) mass is 267 g/mol. The number of halogens is 3. The Balaban J connectivity index is 3.29. The summed E-state index contributed by atoms with van der Waals surface area (Å²) < 4.78 is 37.5. The van der Waals surface area contributed by atoms with Gasteiger partial charge in [0.15, 0.2) is 0 Å². The molecule has 0 fully saturated rings. The molecule has 0 heterocycles. The number of hydrogen-bond acceptors (Lipinski definition) is 1. The molecule has 0 amide bonds. The van der Waals surface area contributed by atoms with Crippen LogP contribution in [-0.4, -0.2) is 15.9 Å². The molecule has 6 heteroatoms. The zero-order chi connectivity index (χ0) is 14.1. The van der Waals surface area contributed by atoms with Gasteiger partial charge in [0.25, 0.3) is 0 Å². The molecule has 0 aliphatic rings. The fraction of sp³-hybridized carbons (Fsp3) is 0.333. The fourth-order valence-electron chi connectivity index (χ4n) is 1.25. The van der Waals surface area contributed by atoms with Crippen molar-refractivity contribution in [1.82, 2.24) is 0 Å². The Hall–Kier alpha value is -1.35. The molecule has 0 bridgehead atoms. The molecular weight excluding hydrogens is 254 g/mol. The molecule has 2 radical (unpaired) electrons. The highest BCUT2D eigenvalue weighted by atomic mass is 28.3. The van der Waals surface area contributed by atoms with Crippen molar-refractivity contribution in [3.63, 3.8) is 0 Å². The van der Waals surface area contributed by atoms with E-state index in [-0.39, 0.29) is 16.7 Å². The van der Waals surface area contributed by atoms with Crippen molar-refractivity contribution in [2.45, 2.75) is 25.8 Å². The normalized spacial score (nSPS) is 11.9. The van der Waals surface area contributed by atoms with E-state index in [0.717, 1.165) is 12.1 Å². The number of rotatable bonds is 0. The summed E-state index contributed by atoms with van der Waals surface area (Å²) in [5, 5.41) is 0. The number of anilines is 1. The number of nitrogens with two attached hydrogens (primary N) is 1. The summed E-state index contributed by atoms with van der Waals surface area (Å²) in [5.41, 5.74) is 7.97. The van der Waals surface area contributed by atoms with Crippen molar-refractivity contribution in [3.05, 3.63) is 23.3 Å². The second kappa shape index (κ2) is 4.73. The van der Waals surface area contributed by atoms with E-state index < -0.39 is 19.8 Å². The first-order chi connectivity index (χ1) is 8.00. The standard InChI is InChI=1S/C12H13BF3NSi/c1-18(2,3)5-4-9-10(13)6-8(7-11(9)17)12(14,15)16/h6-7H,17H2,1-3H3. The third-order valence-electron chi connectivity index (χ3n) is 2.09. The molecule has 0 aliphatic heterocycles. The Morgan fingerprint density at radius 1 is 1.22 bits per heavy atom. The topological polar surface area (TPSA) is 26.0 Å². The van der Waals surface area contributed by atoms with Gasteiger partial charge in [-0.1, -0.05) is 37.1 Å². The molecule has 18 heavy (non-hydrogen) atoms. The summed E-state index contributed by atoms with van der Waals surface area (Å²) in [6, 6.07) is 1.73.